The highest BCUT2D eigenvalue weighted by Crippen LogP contribution is 1.82. The SMILES string of the molecule is COCCCNCCCOCCOC. The average Bonchev–Trinajstić information content (AvgIpc) is 2.21. The van der Waals surface area contributed by atoms with Crippen LogP contribution in [-0.2, 0) is 14.2 Å². The molecule has 0 aliphatic heterocycles. The standard InChI is InChI=1S/C10H23NO3/c1-12-7-3-5-11-6-4-8-14-10-9-13-2/h11H,3-10H2,1-2H3. The maximum absolute atomic E-state index is 5.31. The molecule has 0 aromatic heterocycles. The fraction of sp³-hybridized carbons (Fsp3) is 1.00. The van der Waals surface area contributed by atoms with Gasteiger partial charge in [-0.3, -0.25) is 0 Å². The summed E-state index contributed by atoms with van der Waals surface area (Å²) in [5.41, 5.74) is 0. The van der Waals surface area contributed by atoms with E-state index in [1.165, 1.54) is 0 Å². The van der Waals surface area contributed by atoms with Crippen LogP contribution in [0.4, 0.5) is 0 Å². The Kier molecular flexibility index (Phi) is 12.7. The van der Waals surface area contributed by atoms with Crippen molar-refractivity contribution in [2.75, 3.05) is 53.7 Å². The fourth-order valence-corrected chi connectivity index (χ4v) is 1.01. The number of hydrogen-bond donors (Lipinski definition) is 1. The van der Waals surface area contributed by atoms with Crippen LogP contribution in [0.15, 0.2) is 0 Å². The topological polar surface area (TPSA) is 39.7 Å². The van der Waals surface area contributed by atoms with Crippen molar-refractivity contribution in [3.8, 4) is 0 Å². The lowest BCUT2D eigenvalue weighted by molar-refractivity contribution is 0.0694. The summed E-state index contributed by atoms with van der Waals surface area (Å²) in [5, 5.41) is 3.32. The van der Waals surface area contributed by atoms with E-state index in [1.807, 2.05) is 0 Å². The molecule has 0 unspecified atom stereocenters. The van der Waals surface area contributed by atoms with E-state index in [1.54, 1.807) is 14.2 Å². The number of nitrogens with one attached hydrogen (secondary N) is 1. The van der Waals surface area contributed by atoms with Crippen LogP contribution >= 0.6 is 0 Å². The minimum atomic E-state index is 0.682. The van der Waals surface area contributed by atoms with Crippen LogP contribution in [0.2, 0.25) is 0 Å². The molecule has 0 rings (SSSR count). The first-order chi connectivity index (χ1) is 6.91. The van der Waals surface area contributed by atoms with Crippen molar-refractivity contribution in [3.63, 3.8) is 0 Å². The van der Waals surface area contributed by atoms with Gasteiger partial charge in [-0.05, 0) is 25.9 Å². The summed E-state index contributed by atoms with van der Waals surface area (Å²) in [4.78, 5) is 0. The third-order valence-electron chi connectivity index (χ3n) is 1.78. The molecule has 0 amide bonds. The Hall–Kier alpha value is -0.160. The van der Waals surface area contributed by atoms with Crippen molar-refractivity contribution in [2.24, 2.45) is 0 Å². The summed E-state index contributed by atoms with van der Waals surface area (Å²) in [6.45, 7) is 5.04. The first kappa shape index (κ1) is 13.8. The minimum absolute atomic E-state index is 0.682. The molecule has 0 radical (unpaired) electrons. The highest BCUT2D eigenvalue weighted by Gasteiger charge is 1.90. The first-order valence-corrected chi connectivity index (χ1v) is 5.18. The van der Waals surface area contributed by atoms with Gasteiger partial charge in [0.25, 0.3) is 0 Å². The normalized spacial score (nSPS) is 10.7. The van der Waals surface area contributed by atoms with Gasteiger partial charge < -0.3 is 19.5 Å². The molecule has 0 saturated heterocycles. The van der Waals surface area contributed by atoms with E-state index in [2.05, 4.69) is 5.32 Å². The second-order valence-corrected chi connectivity index (χ2v) is 3.06. The van der Waals surface area contributed by atoms with E-state index in [9.17, 15) is 0 Å². The van der Waals surface area contributed by atoms with Gasteiger partial charge in [0.05, 0.1) is 13.2 Å². The van der Waals surface area contributed by atoms with Crippen LogP contribution in [0.3, 0.4) is 0 Å². The van der Waals surface area contributed by atoms with Gasteiger partial charge in [0.2, 0.25) is 0 Å². The second kappa shape index (κ2) is 12.8. The van der Waals surface area contributed by atoms with Gasteiger partial charge >= 0.3 is 0 Å². The molecule has 4 nitrogen and oxygen atoms in total. The van der Waals surface area contributed by atoms with Gasteiger partial charge in [-0.1, -0.05) is 0 Å². The second-order valence-electron chi connectivity index (χ2n) is 3.06. The van der Waals surface area contributed by atoms with Crippen molar-refractivity contribution in [1.82, 2.24) is 5.32 Å². The quantitative estimate of drug-likeness (QED) is 0.503. The molecule has 0 bridgehead atoms. The third-order valence-corrected chi connectivity index (χ3v) is 1.78. The fourth-order valence-electron chi connectivity index (χ4n) is 1.01. The largest absolute Gasteiger partial charge is 0.385 e. The summed E-state index contributed by atoms with van der Waals surface area (Å²) in [6, 6.07) is 0. The molecule has 0 aromatic rings. The Morgan fingerprint density at radius 3 is 2.07 bits per heavy atom. The molecular formula is C10H23NO3. The number of ether oxygens (including phenoxy) is 3. The highest BCUT2D eigenvalue weighted by molar-refractivity contribution is 4.47. The lowest BCUT2D eigenvalue weighted by atomic mass is 10.4. The molecule has 0 spiro atoms. The van der Waals surface area contributed by atoms with Gasteiger partial charge in [-0.15, -0.1) is 0 Å². The molecular weight excluding hydrogens is 182 g/mol. The number of hydrogen-bond acceptors (Lipinski definition) is 4. The Bertz CT molecular complexity index is 89.4. The summed E-state index contributed by atoms with van der Waals surface area (Å²) >= 11 is 0. The van der Waals surface area contributed by atoms with Crippen LogP contribution in [0, 0.1) is 0 Å². The van der Waals surface area contributed by atoms with Crippen LogP contribution in [-0.4, -0.2) is 53.7 Å². The van der Waals surface area contributed by atoms with Crippen LogP contribution < -0.4 is 5.32 Å². The zero-order valence-electron chi connectivity index (χ0n) is 9.38. The zero-order chi connectivity index (χ0) is 10.5. The van der Waals surface area contributed by atoms with E-state index in [0.717, 1.165) is 39.1 Å². The van der Waals surface area contributed by atoms with Crippen molar-refractivity contribution in [3.05, 3.63) is 0 Å². The molecule has 0 atom stereocenters. The molecule has 4 heteroatoms. The van der Waals surface area contributed by atoms with E-state index < -0.39 is 0 Å². The van der Waals surface area contributed by atoms with Gasteiger partial charge in [0.1, 0.15) is 0 Å². The Labute approximate surface area is 86.9 Å². The maximum atomic E-state index is 5.31. The highest BCUT2D eigenvalue weighted by atomic mass is 16.5. The van der Waals surface area contributed by atoms with Crippen LogP contribution in [0.1, 0.15) is 12.8 Å². The summed E-state index contributed by atoms with van der Waals surface area (Å²) in [5.74, 6) is 0. The lowest BCUT2D eigenvalue weighted by Crippen LogP contribution is -2.19. The summed E-state index contributed by atoms with van der Waals surface area (Å²) in [7, 11) is 3.41. The van der Waals surface area contributed by atoms with E-state index in [4.69, 9.17) is 14.2 Å². The summed E-state index contributed by atoms with van der Waals surface area (Å²) < 4.78 is 15.1. The molecule has 0 fully saturated rings. The number of rotatable bonds is 11. The average molecular weight is 205 g/mol. The van der Waals surface area contributed by atoms with E-state index in [-0.39, 0.29) is 0 Å². The molecule has 14 heavy (non-hydrogen) atoms. The van der Waals surface area contributed by atoms with Crippen molar-refractivity contribution in [2.45, 2.75) is 12.8 Å². The van der Waals surface area contributed by atoms with Crippen LogP contribution in [0.5, 0.6) is 0 Å². The van der Waals surface area contributed by atoms with E-state index >= 15 is 0 Å². The molecule has 86 valence electrons. The van der Waals surface area contributed by atoms with Crippen LogP contribution in [0.25, 0.3) is 0 Å². The monoisotopic (exact) mass is 205 g/mol. The van der Waals surface area contributed by atoms with Crippen molar-refractivity contribution in [1.29, 1.82) is 0 Å². The molecule has 1 N–H and O–H groups in total. The van der Waals surface area contributed by atoms with Crippen molar-refractivity contribution >= 4 is 0 Å². The Morgan fingerprint density at radius 2 is 1.43 bits per heavy atom. The Morgan fingerprint density at radius 1 is 0.786 bits per heavy atom. The van der Waals surface area contributed by atoms with Gasteiger partial charge in [0.15, 0.2) is 0 Å². The predicted molar refractivity (Wildman–Crippen MR) is 56.7 cm³/mol. The number of methoxy groups -OCH3 is 2. The summed E-state index contributed by atoms with van der Waals surface area (Å²) in [6.07, 6.45) is 2.12. The van der Waals surface area contributed by atoms with Gasteiger partial charge in [-0.2, -0.15) is 0 Å². The predicted octanol–water partition coefficient (Wildman–Crippen LogP) is 0.666. The molecule has 0 aliphatic rings. The van der Waals surface area contributed by atoms with Gasteiger partial charge in [-0.25, -0.2) is 0 Å². The molecule has 0 saturated carbocycles. The minimum Gasteiger partial charge on any atom is -0.385 e. The first-order valence-electron chi connectivity index (χ1n) is 5.18. The Balaban J connectivity index is 2.78. The molecule has 0 heterocycles. The lowest BCUT2D eigenvalue weighted by Gasteiger charge is -2.05. The third kappa shape index (κ3) is 11.8. The zero-order valence-corrected chi connectivity index (χ0v) is 9.38. The molecule has 0 aliphatic carbocycles. The smallest absolute Gasteiger partial charge is 0.0700 e. The maximum Gasteiger partial charge on any atom is 0.0700 e. The van der Waals surface area contributed by atoms with Gasteiger partial charge in [0, 0.05) is 27.4 Å². The van der Waals surface area contributed by atoms with E-state index in [0.29, 0.717) is 13.2 Å². The van der Waals surface area contributed by atoms with Crippen molar-refractivity contribution < 1.29 is 14.2 Å². The molecule has 0 aromatic carbocycles.